The second kappa shape index (κ2) is 8.16. The highest BCUT2D eigenvalue weighted by Crippen LogP contribution is 2.32. The van der Waals surface area contributed by atoms with E-state index in [9.17, 15) is 8.42 Å². The molecule has 4 rings (SSSR count). The minimum atomic E-state index is -3.79. The van der Waals surface area contributed by atoms with E-state index in [1.165, 1.54) is 4.31 Å². The van der Waals surface area contributed by atoms with Crippen LogP contribution in [-0.2, 0) is 16.4 Å². The molecule has 3 aromatic carbocycles. The first-order chi connectivity index (χ1) is 14.0. The van der Waals surface area contributed by atoms with Crippen molar-refractivity contribution in [1.29, 1.82) is 0 Å². The van der Waals surface area contributed by atoms with Gasteiger partial charge < -0.3 is 4.74 Å². The quantitative estimate of drug-likeness (QED) is 0.524. The Bertz CT molecular complexity index is 1190. The van der Waals surface area contributed by atoms with Gasteiger partial charge in [0, 0.05) is 10.9 Å². The van der Waals surface area contributed by atoms with Crippen molar-refractivity contribution in [1.82, 2.24) is 4.31 Å². The SMILES string of the molecule is CCOc1ccc(Br)cc1S(=O)(=O)N1CCN=C1Cc1cccc2ccccc12. The lowest BCUT2D eigenvalue weighted by molar-refractivity contribution is 0.330. The Hall–Kier alpha value is -2.38. The molecular formula is C22H21BrN2O3S. The van der Waals surface area contributed by atoms with Crippen LogP contribution in [-0.4, -0.2) is 38.3 Å². The molecule has 0 atom stereocenters. The third-order valence-corrected chi connectivity index (χ3v) is 7.23. The second-order valence-corrected chi connectivity index (χ2v) is 9.46. The summed E-state index contributed by atoms with van der Waals surface area (Å²) in [7, 11) is -3.79. The predicted octanol–water partition coefficient (Wildman–Crippen LogP) is 4.65. The molecule has 7 heteroatoms. The molecule has 5 nitrogen and oxygen atoms in total. The second-order valence-electron chi connectivity index (χ2n) is 6.71. The summed E-state index contributed by atoms with van der Waals surface area (Å²) in [6.07, 6.45) is 0.457. The number of amidine groups is 1. The smallest absolute Gasteiger partial charge is 0.269 e. The summed E-state index contributed by atoms with van der Waals surface area (Å²) in [5.41, 5.74) is 1.06. The zero-order valence-electron chi connectivity index (χ0n) is 16.0. The maximum Gasteiger partial charge on any atom is 0.269 e. The summed E-state index contributed by atoms with van der Waals surface area (Å²) in [6, 6.07) is 19.2. The van der Waals surface area contributed by atoms with E-state index in [1.807, 2.05) is 31.2 Å². The van der Waals surface area contributed by atoms with Crippen LogP contribution in [0.3, 0.4) is 0 Å². The monoisotopic (exact) mass is 472 g/mol. The fourth-order valence-corrected chi connectivity index (χ4v) is 5.70. The van der Waals surface area contributed by atoms with Gasteiger partial charge in [-0.05, 0) is 41.5 Å². The topological polar surface area (TPSA) is 59.0 Å². The van der Waals surface area contributed by atoms with E-state index in [1.54, 1.807) is 18.2 Å². The third-order valence-electron chi connectivity index (χ3n) is 4.89. The van der Waals surface area contributed by atoms with Crippen LogP contribution in [0.5, 0.6) is 5.75 Å². The summed E-state index contributed by atoms with van der Waals surface area (Å²) >= 11 is 3.38. The summed E-state index contributed by atoms with van der Waals surface area (Å²) in [6.45, 7) is 3.01. The van der Waals surface area contributed by atoms with Crippen molar-refractivity contribution >= 4 is 42.6 Å². The number of fused-ring (bicyclic) bond motifs is 1. The van der Waals surface area contributed by atoms with Crippen molar-refractivity contribution in [3.05, 3.63) is 70.7 Å². The van der Waals surface area contributed by atoms with Crippen molar-refractivity contribution in [2.24, 2.45) is 4.99 Å². The minimum absolute atomic E-state index is 0.154. The standard InChI is InChI=1S/C22H21BrN2O3S/c1-2-28-20-11-10-18(23)15-21(20)29(26,27)25-13-12-24-22(25)14-17-8-5-7-16-6-3-4-9-19(16)17/h3-11,15H,2,12-14H2,1H3. The number of ether oxygens (including phenoxy) is 1. The molecule has 150 valence electrons. The normalized spacial score (nSPS) is 14.3. The lowest BCUT2D eigenvalue weighted by Crippen LogP contribution is -2.35. The summed E-state index contributed by atoms with van der Waals surface area (Å²) in [4.78, 5) is 4.67. The van der Waals surface area contributed by atoms with Gasteiger partial charge in [0.1, 0.15) is 16.5 Å². The summed E-state index contributed by atoms with van der Waals surface area (Å²) in [5.74, 6) is 0.913. The van der Waals surface area contributed by atoms with Crippen LogP contribution in [0.2, 0.25) is 0 Å². The van der Waals surface area contributed by atoms with Gasteiger partial charge in [0.2, 0.25) is 0 Å². The van der Waals surface area contributed by atoms with Gasteiger partial charge in [-0.2, -0.15) is 0 Å². The predicted molar refractivity (Wildman–Crippen MR) is 119 cm³/mol. The molecule has 0 saturated heterocycles. The maximum atomic E-state index is 13.5. The molecule has 0 amide bonds. The highest BCUT2D eigenvalue weighted by Gasteiger charge is 2.33. The fourth-order valence-electron chi connectivity index (χ4n) is 3.57. The number of hydrogen-bond acceptors (Lipinski definition) is 4. The highest BCUT2D eigenvalue weighted by molar-refractivity contribution is 9.10. The van der Waals surface area contributed by atoms with Gasteiger partial charge in [-0.25, -0.2) is 8.42 Å². The van der Waals surface area contributed by atoms with Crippen LogP contribution in [0.15, 0.2) is 75.0 Å². The number of aliphatic imine (C=N–C) groups is 1. The van der Waals surface area contributed by atoms with Gasteiger partial charge in [0.15, 0.2) is 0 Å². The van der Waals surface area contributed by atoms with Crippen molar-refractivity contribution < 1.29 is 13.2 Å². The fraction of sp³-hybridized carbons (Fsp3) is 0.227. The molecule has 0 aromatic heterocycles. The molecule has 1 aliphatic heterocycles. The third kappa shape index (κ3) is 3.89. The van der Waals surface area contributed by atoms with E-state index in [0.29, 0.717) is 42.2 Å². The molecule has 1 aliphatic rings. The number of halogens is 1. The van der Waals surface area contributed by atoms with Gasteiger partial charge in [0.05, 0.1) is 19.7 Å². The Labute approximate surface area is 179 Å². The van der Waals surface area contributed by atoms with Gasteiger partial charge in [-0.3, -0.25) is 9.30 Å². The Morgan fingerprint density at radius 1 is 1.10 bits per heavy atom. The van der Waals surface area contributed by atoms with Gasteiger partial charge in [-0.1, -0.05) is 58.4 Å². The lowest BCUT2D eigenvalue weighted by atomic mass is 10.0. The molecule has 3 aromatic rings. The first kappa shape index (κ1) is 19.9. The van der Waals surface area contributed by atoms with E-state index in [-0.39, 0.29) is 4.90 Å². The van der Waals surface area contributed by atoms with Crippen LogP contribution >= 0.6 is 15.9 Å². The maximum absolute atomic E-state index is 13.5. The molecule has 0 saturated carbocycles. The Morgan fingerprint density at radius 2 is 1.90 bits per heavy atom. The van der Waals surface area contributed by atoms with Crippen LogP contribution in [0.1, 0.15) is 12.5 Å². The molecule has 0 aliphatic carbocycles. The van der Waals surface area contributed by atoms with Gasteiger partial charge in [-0.15, -0.1) is 0 Å². The number of rotatable bonds is 6. The van der Waals surface area contributed by atoms with Crippen LogP contribution < -0.4 is 4.74 Å². The van der Waals surface area contributed by atoms with Crippen LogP contribution in [0, 0.1) is 0 Å². The molecule has 0 fully saturated rings. The van der Waals surface area contributed by atoms with Crippen molar-refractivity contribution in [3.8, 4) is 5.75 Å². The highest BCUT2D eigenvalue weighted by atomic mass is 79.9. The van der Waals surface area contributed by atoms with E-state index in [0.717, 1.165) is 16.3 Å². The van der Waals surface area contributed by atoms with E-state index >= 15 is 0 Å². The molecule has 0 spiro atoms. The molecule has 1 heterocycles. The number of sulfonamides is 1. The van der Waals surface area contributed by atoms with Gasteiger partial charge >= 0.3 is 0 Å². The van der Waals surface area contributed by atoms with E-state index in [4.69, 9.17) is 4.74 Å². The minimum Gasteiger partial charge on any atom is -0.492 e. The zero-order chi connectivity index (χ0) is 20.4. The Morgan fingerprint density at radius 3 is 2.72 bits per heavy atom. The molecule has 0 bridgehead atoms. The molecule has 0 N–H and O–H groups in total. The average molecular weight is 473 g/mol. The lowest BCUT2D eigenvalue weighted by Gasteiger charge is -2.22. The summed E-state index contributed by atoms with van der Waals surface area (Å²) < 4.78 is 34.7. The van der Waals surface area contributed by atoms with Crippen LogP contribution in [0.4, 0.5) is 0 Å². The van der Waals surface area contributed by atoms with E-state index < -0.39 is 10.0 Å². The van der Waals surface area contributed by atoms with Crippen molar-refractivity contribution in [3.63, 3.8) is 0 Å². The van der Waals surface area contributed by atoms with Crippen molar-refractivity contribution in [2.75, 3.05) is 19.7 Å². The molecule has 29 heavy (non-hydrogen) atoms. The number of benzene rings is 3. The molecule has 0 radical (unpaired) electrons. The first-order valence-electron chi connectivity index (χ1n) is 9.46. The zero-order valence-corrected chi connectivity index (χ0v) is 18.4. The Kier molecular flexibility index (Phi) is 5.61. The van der Waals surface area contributed by atoms with Gasteiger partial charge in [0.25, 0.3) is 10.0 Å². The van der Waals surface area contributed by atoms with Crippen LogP contribution in [0.25, 0.3) is 10.8 Å². The first-order valence-corrected chi connectivity index (χ1v) is 11.7. The molecular weight excluding hydrogens is 452 g/mol. The number of nitrogens with zero attached hydrogens (tertiary/aromatic N) is 2. The van der Waals surface area contributed by atoms with E-state index in [2.05, 4.69) is 39.1 Å². The largest absolute Gasteiger partial charge is 0.492 e. The Balaban J connectivity index is 1.70. The van der Waals surface area contributed by atoms with Crippen molar-refractivity contribution in [2.45, 2.75) is 18.2 Å². The number of hydrogen-bond donors (Lipinski definition) is 0. The average Bonchev–Trinajstić information content (AvgIpc) is 3.19. The summed E-state index contributed by atoms with van der Waals surface area (Å²) in [5, 5.41) is 2.24. The molecule has 0 unspecified atom stereocenters.